The normalized spacial score (nSPS) is 10.5. The molecule has 0 unspecified atom stereocenters. The molecule has 0 saturated carbocycles. The van der Waals surface area contributed by atoms with Crippen LogP contribution in [0.25, 0.3) is 0 Å². The highest BCUT2D eigenvalue weighted by Gasteiger charge is 2.27. The molecule has 31 heavy (non-hydrogen) atoms. The third-order valence-electron chi connectivity index (χ3n) is 4.26. The zero-order valence-electron chi connectivity index (χ0n) is 16.8. The Morgan fingerprint density at radius 3 is 2.52 bits per heavy atom. The second-order valence-corrected chi connectivity index (χ2v) is 7.55. The number of nitrogens with one attached hydrogen (secondary N) is 1. The van der Waals surface area contributed by atoms with Gasteiger partial charge in [-0.25, -0.2) is 14.3 Å². The molecule has 3 rings (SSSR count). The molecule has 0 aliphatic heterocycles. The summed E-state index contributed by atoms with van der Waals surface area (Å²) in [5.41, 5.74) is 0.614. The number of hydrogen-bond donors (Lipinski definition) is 1. The lowest BCUT2D eigenvalue weighted by molar-refractivity contribution is 0.0601. The minimum Gasteiger partial charge on any atom is -0.470 e. The molecule has 1 N–H and O–H groups in total. The van der Waals surface area contributed by atoms with Crippen LogP contribution in [0.5, 0.6) is 5.75 Å². The molecule has 0 atom stereocenters. The molecule has 11 heteroatoms. The minimum absolute atomic E-state index is 0.0692. The van der Waals surface area contributed by atoms with Gasteiger partial charge in [-0.15, -0.1) is 11.3 Å². The average molecular weight is 464 g/mol. The quantitative estimate of drug-likeness (QED) is 0.531. The fourth-order valence-corrected chi connectivity index (χ4v) is 4.02. The number of nitrogens with zero attached hydrogens (tertiary/aromatic N) is 2. The highest BCUT2D eigenvalue weighted by Crippen LogP contribution is 2.34. The van der Waals surface area contributed by atoms with Crippen LogP contribution in [0.4, 0.5) is 5.00 Å². The molecule has 1 amide bonds. The van der Waals surface area contributed by atoms with E-state index < -0.39 is 17.8 Å². The van der Waals surface area contributed by atoms with Gasteiger partial charge in [-0.05, 0) is 30.7 Å². The third kappa shape index (κ3) is 4.70. The summed E-state index contributed by atoms with van der Waals surface area (Å²) in [6.07, 6.45) is 1.44. The average Bonchev–Trinajstić information content (AvgIpc) is 3.36. The second-order valence-electron chi connectivity index (χ2n) is 6.12. The number of benzene rings is 1. The van der Waals surface area contributed by atoms with Crippen LogP contribution in [0.1, 0.15) is 36.1 Å². The van der Waals surface area contributed by atoms with Crippen LogP contribution in [0, 0.1) is 6.92 Å². The molecule has 0 aliphatic carbocycles. The van der Waals surface area contributed by atoms with Gasteiger partial charge in [0.05, 0.1) is 24.8 Å². The van der Waals surface area contributed by atoms with E-state index in [1.165, 1.54) is 31.2 Å². The van der Waals surface area contributed by atoms with E-state index in [4.69, 9.17) is 25.8 Å². The number of ether oxygens (including phenoxy) is 3. The Labute approximate surface area is 186 Å². The van der Waals surface area contributed by atoms with Gasteiger partial charge >= 0.3 is 11.9 Å². The number of methoxy groups -OCH3 is 2. The van der Waals surface area contributed by atoms with Gasteiger partial charge in [0, 0.05) is 6.20 Å². The van der Waals surface area contributed by atoms with Gasteiger partial charge in [0.15, 0.2) is 6.73 Å². The lowest BCUT2D eigenvalue weighted by Crippen LogP contribution is -2.20. The zero-order chi connectivity index (χ0) is 22.5. The summed E-state index contributed by atoms with van der Waals surface area (Å²) in [6, 6.07) is 8.40. The van der Waals surface area contributed by atoms with E-state index in [9.17, 15) is 14.4 Å². The van der Waals surface area contributed by atoms with Crippen molar-refractivity contribution in [2.45, 2.75) is 13.7 Å². The maximum absolute atomic E-state index is 12.9. The molecule has 1 aromatic carbocycles. The standard InChI is InChI=1S/C20H18ClN3O6S/c1-11-15(19(26)28-2)18(31-16(11)20(27)29-3)23-17(25)13-8-9-22-24(13)10-30-14-7-5-4-6-12(14)21/h4-9H,10H2,1-3H3,(H,23,25). The Morgan fingerprint density at radius 2 is 1.84 bits per heavy atom. The fourth-order valence-electron chi connectivity index (χ4n) is 2.72. The van der Waals surface area contributed by atoms with Crippen LogP contribution in [-0.2, 0) is 16.2 Å². The van der Waals surface area contributed by atoms with E-state index in [1.54, 1.807) is 31.2 Å². The summed E-state index contributed by atoms with van der Waals surface area (Å²) < 4.78 is 16.5. The van der Waals surface area contributed by atoms with Gasteiger partial charge in [-0.3, -0.25) is 4.79 Å². The minimum atomic E-state index is -0.685. The molecule has 0 spiro atoms. The summed E-state index contributed by atoms with van der Waals surface area (Å²) in [4.78, 5) is 37.3. The zero-order valence-corrected chi connectivity index (χ0v) is 18.4. The molecule has 0 bridgehead atoms. The first kappa shape index (κ1) is 22.3. The molecule has 0 fully saturated rings. The number of para-hydroxylation sites is 1. The summed E-state index contributed by atoms with van der Waals surface area (Å²) in [6.45, 7) is 1.51. The molecule has 2 heterocycles. The highest BCUT2D eigenvalue weighted by molar-refractivity contribution is 7.18. The largest absolute Gasteiger partial charge is 0.470 e. The maximum atomic E-state index is 12.9. The number of thiophene rings is 1. The summed E-state index contributed by atoms with van der Waals surface area (Å²) in [7, 11) is 2.44. The van der Waals surface area contributed by atoms with Crippen molar-refractivity contribution in [3.8, 4) is 5.75 Å². The van der Waals surface area contributed by atoms with Crippen LogP contribution in [-0.4, -0.2) is 41.8 Å². The smallest absolute Gasteiger partial charge is 0.348 e. The van der Waals surface area contributed by atoms with E-state index >= 15 is 0 Å². The monoisotopic (exact) mass is 463 g/mol. The lowest BCUT2D eigenvalue weighted by Gasteiger charge is -2.11. The van der Waals surface area contributed by atoms with Crippen molar-refractivity contribution in [3.63, 3.8) is 0 Å². The van der Waals surface area contributed by atoms with Crippen molar-refractivity contribution in [1.82, 2.24) is 9.78 Å². The Morgan fingerprint density at radius 1 is 1.13 bits per heavy atom. The summed E-state index contributed by atoms with van der Waals surface area (Å²) >= 11 is 7.00. The van der Waals surface area contributed by atoms with Gasteiger partial charge < -0.3 is 19.5 Å². The van der Waals surface area contributed by atoms with E-state index in [0.717, 1.165) is 11.3 Å². The first-order valence-corrected chi connectivity index (χ1v) is 10.1. The van der Waals surface area contributed by atoms with Crippen LogP contribution < -0.4 is 10.1 Å². The van der Waals surface area contributed by atoms with Crippen LogP contribution in [0.3, 0.4) is 0 Å². The molecule has 0 saturated heterocycles. The van der Waals surface area contributed by atoms with Crippen LogP contribution in [0.2, 0.25) is 5.02 Å². The van der Waals surface area contributed by atoms with Crippen molar-refractivity contribution < 1.29 is 28.6 Å². The number of anilines is 1. The number of halogens is 1. The Kier molecular flexibility index (Phi) is 6.93. The number of amides is 1. The molecular formula is C20H18ClN3O6S. The van der Waals surface area contributed by atoms with Gasteiger partial charge in [0.2, 0.25) is 0 Å². The van der Waals surface area contributed by atoms with Crippen molar-refractivity contribution in [2.24, 2.45) is 0 Å². The SMILES string of the molecule is COC(=O)c1sc(NC(=O)c2ccnn2COc2ccccc2Cl)c(C(=O)OC)c1C. The Bertz CT molecular complexity index is 1140. The molecule has 2 aromatic heterocycles. The topological polar surface area (TPSA) is 109 Å². The summed E-state index contributed by atoms with van der Waals surface area (Å²) in [5, 5.41) is 7.32. The predicted molar refractivity (Wildman–Crippen MR) is 114 cm³/mol. The van der Waals surface area contributed by atoms with E-state index in [2.05, 4.69) is 10.4 Å². The van der Waals surface area contributed by atoms with Crippen molar-refractivity contribution in [1.29, 1.82) is 0 Å². The van der Waals surface area contributed by atoms with Gasteiger partial charge in [0.1, 0.15) is 21.3 Å². The van der Waals surface area contributed by atoms with Crippen molar-refractivity contribution in [2.75, 3.05) is 19.5 Å². The van der Waals surface area contributed by atoms with Crippen molar-refractivity contribution >= 4 is 45.8 Å². The number of aromatic nitrogens is 2. The number of carbonyl (C=O) groups excluding carboxylic acids is 3. The van der Waals surface area contributed by atoms with Crippen molar-refractivity contribution in [3.05, 3.63) is 63.2 Å². The van der Waals surface area contributed by atoms with Gasteiger partial charge in [-0.1, -0.05) is 23.7 Å². The van der Waals surface area contributed by atoms with Gasteiger partial charge in [0.25, 0.3) is 5.91 Å². The number of rotatable bonds is 7. The van der Waals surface area contributed by atoms with Crippen LogP contribution >= 0.6 is 22.9 Å². The van der Waals surface area contributed by atoms with E-state index in [0.29, 0.717) is 16.3 Å². The highest BCUT2D eigenvalue weighted by atomic mass is 35.5. The molecule has 162 valence electrons. The molecule has 9 nitrogen and oxygen atoms in total. The first-order valence-electron chi connectivity index (χ1n) is 8.87. The Hall–Kier alpha value is -3.37. The molecular weight excluding hydrogens is 446 g/mol. The Balaban J connectivity index is 1.84. The molecule has 0 aliphatic rings. The number of esters is 2. The van der Waals surface area contributed by atoms with E-state index in [1.807, 2.05) is 0 Å². The first-order chi connectivity index (χ1) is 14.9. The second kappa shape index (κ2) is 9.63. The predicted octanol–water partition coefficient (Wildman–Crippen LogP) is 3.77. The maximum Gasteiger partial charge on any atom is 0.348 e. The fraction of sp³-hybridized carbons (Fsp3) is 0.200. The molecule has 0 radical (unpaired) electrons. The number of hydrogen-bond acceptors (Lipinski definition) is 8. The third-order valence-corrected chi connectivity index (χ3v) is 5.76. The summed E-state index contributed by atoms with van der Waals surface area (Å²) in [5.74, 6) is -1.42. The number of carbonyl (C=O) groups is 3. The van der Waals surface area contributed by atoms with Crippen LogP contribution in [0.15, 0.2) is 36.5 Å². The lowest BCUT2D eigenvalue weighted by atomic mass is 10.1. The van der Waals surface area contributed by atoms with E-state index in [-0.39, 0.29) is 27.9 Å². The van der Waals surface area contributed by atoms with Gasteiger partial charge in [-0.2, -0.15) is 5.10 Å². The molecule has 3 aromatic rings.